The molecule has 0 saturated carbocycles. The zero-order chi connectivity index (χ0) is 49.6. The van der Waals surface area contributed by atoms with Crippen LogP contribution >= 0.6 is 0 Å². The van der Waals surface area contributed by atoms with Crippen molar-refractivity contribution in [3.8, 4) is 0 Å². The first-order valence-corrected chi connectivity index (χ1v) is 25.9. The van der Waals surface area contributed by atoms with E-state index >= 15 is 0 Å². The number of rotatable bonds is 39. The summed E-state index contributed by atoms with van der Waals surface area (Å²) >= 11 is 0. The fourth-order valence-electron chi connectivity index (χ4n) is 7.79. The van der Waals surface area contributed by atoms with Gasteiger partial charge in [0.25, 0.3) is 0 Å². The van der Waals surface area contributed by atoms with Crippen molar-refractivity contribution < 1.29 is 73.8 Å². The van der Waals surface area contributed by atoms with E-state index < -0.39 is 99.3 Å². The van der Waals surface area contributed by atoms with Gasteiger partial charge in [0.05, 0.1) is 19.8 Å². The number of esters is 2. The smallest absolute Gasteiger partial charge is 0.331 e. The molecule has 0 radical (unpaired) electrons. The fourth-order valence-corrected chi connectivity index (χ4v) is 7.79. The molecule has 0 aromatic rings. The molecule has 0 aliphatic carbocycles. The van der Waals surface area contributed by atoms with Gasteiger partial charge in [-0.2, -0.15) is 0 Å². The minimum absolute atomic E-state index is 0.125. The number of aliphatic hydroxyl groups is 7. The van der Waals surface area contributed by atoms with Crippen LogP contribution in [-0.4, -0.2) is 142 Å². The topological polar surface area (TPSA) is 231 Å². The molecular formula is C53H90O15. The van der Waals surface area contributed by atoms with Gasteiger partial charge >= 0.3 is 11.9 Å². The second-order valence-corrected chi connectivity index (χ2v) is 18.1. The standard InChI is InChI=1S/C53H90O15/c1-3-5-7-9-11-13-15-17-19-20-22-23-25-27-29-31-33-35-44(55)63-38-41(66-45(56)36-34-32-30-28-26-24-21-18-16-14-12-10-8-6-4-2)39-64-52-51(62)49(60)47(58)43(68-52)40-65-53-50(61)48(59)46(57)42(37-54)67-53/h17,19,22-23,27,29-30,32,34,36,41-43,46-54,57-62H,3-16,18,20-21,24-26,28,31,33,35,37-40H2,1-2H3/b19-17+,23-22+,29-27+,32-30+,36-34+/t41-,42+,43+,46-,47-,48?,49?,50?,51?,52+,53+/m0/s1. The molecule has 11 atom stereocenters. The van der Waals surface area contributed by atoms with Crippen molar-refractivity contribution in [3.05, 3.63) is 60.8 Å². The molecule has 2 aliphatic rings. The number of aliphatic hydroxyl groups excluding tert-OH is 7. The molecule has 7 N–H and O–H groups in total. The second-order valence-electron chi connectivity index (χ2n) is 18.1. The Morgan fingerprint density at radius 2 is 0.985 bits per heavy atom. The van der Waals surface area contributed by atoms with Gasteiger partial charge in [0, 0.05) is 12.5 Å². The van der Waals surface area contributed by atoms with Crippen molar-refractivity contribution in [3.63, 3.8) is 0 Å². The number of hydrogen-bond donors (Lipinski definition) is 7. The molecule has 2 aliphatic heterocycles. The monoisotopic (exact) mass is 967 g/mol. The molecular weight excluding hydrogens is 877 g/mol. The molecule has 2 saturated heterocycles. The maximum atomic E-state index is 12.9. The second kappa shape index (κ2) is 39.9. The van der Waals surface area contributed by atoms with Crippen molar-refractivity contribution in [1.82, 2.24) is 0 Å². The maximum Gasteiger partial charge on any atom is 0.331 e. The van der Waals surface area contributed by atoms with Gasteiger partial charge in [0.1, 0.15) is 55.4 Å². The van der Waals surface area contributed by atoms with Crippen molar-refractivity contribution in [2.45, 2.75) is 235 Å². The van der Waals surface area contributed by atoms with Crippen LogP contribution in [0.25, 0.3) is 0 Å². The van der Waals surface area contributed by atoms with E-state index in [1.807, 2.05) is 12.2 Å². The lowest BCUT2D eigenvalue weighted by Crippen LogP contribution is -2.61. The highest BCUT2D eigenvalue weighted by Gasteiger charge is 2.47. The predicted molar refractivity (Wildman–Crippen MR) is 261 cm³/mol. The molecule has 15 nitrogen and oxygen atoms in total. The predicted octanol–water partition coefficient (Wildman–Crippen LogP) is 7.27. The summed E-state index contributed by atoms with van der Waals surface area (Å²) in [5.41, 5.74) is 0. The first-order chi connectivity index (χ1) is 33.0. The Hall–Kier alpha value is -2.80. The van der Waals surface area contributed by atoms with Crippen molar-refractivity contribution >= 4 is 11.9 Å². The van der Waals surface area contributed by atoms with E-state index in [2.05, 4.69) is 44.2 Å². The third-order valence-corrected chi connectivity index (χ3v) is 12.1. The highest BCUT2D eigenvalue weighted by atomic mass is 16.7. The molecule has 392 valence electrons. The molecule has 0 aromatic carbocycles. The molecule has 0 amide bonds. The van der Waals surface area contributed by atoms with Crippen molar-refractivity contribution in [1.29, 1.82) is 0 Å². The van der Waals surface area contributed by atoms with E-state index in [9.17, 15) is 45.3 Å². The maximum absolute atomic E-state index is 12.9. The average molecular weight is 967 g/mol. The molecule has 4 unspecified atom stereocenters. The number of ether oxygens (including phenoxy) is 6. The van der Waals surface area contributed by atoms with Gasteiger partial charge in [0.2, 0.25) is 0 Å². The molecule has 2 rings (SSSR count). The summed E-state index contributed by atoms with van der Waals surface area (Å²) in [5, 5.41) is 72.0. The normalized spacial score (nSPS) is 26.2. The fraction of sp³-hybridized carbons (Fsp3) is 0.774. The molecule has 68 heavy (non-hydrogen) atoms. The number of carbonyl (C=O) groups excluding carboxylic acids is 2. The number of carbonyl (C=O) groups is 2. The van der Waals surface area contributed by atoms with E-state index in [0.717, 1.165) is 38.5 Å². The Balaban J connectivity index is 1.87. The Kier molecular flexibility index (Phi) is 36.0. The van der Waals surface area contributed by atoms with Crippen LogP contribution in [-0.2, 0) is 38.0 Å². The summed E-state index contributed by atoms with van der Waals surface area (Å²) < 4.78 is 33.3. The van der Waals surface area contributed by atoms with E-state index in [4.69, 9.17) is 28.4 Å². The molecule has 15 heteroatoms. The summed E-state index contributed by atoms with van der Waals surface area (Å²) in [6.45, 7) is 2.41. The van der Waals surface area contributed by atoms with Gasteiger partial charge < -0.3 is 64.2 Å². The van der Waals surface area contributed by atoms with Crippen molar-refractivity contribution in [2.24, 2.45) is 0 Å². The van der Waals surface area contributed by atoms with Crippen LogP contribution in [0.1, 0.15) is 168 Å². The van der Waals surface area contributed by atoms with Crippen LogP contribution < -0.4 is 0 Å². The highest BCUT2D eigenvalue weighted by Crippen LogP contribution is 2.26. The summed E-state index contributed by atoms with van der Waals surface area (Å²) in [6.07, 6.45) is 28.9. The lowest BCUT2D eigenvalue weighted by Gasteiger charge is -2.42. The van der Waals surface area contributed by atoms with Gasteiger partial charge in [-0.25, -0.2) is 4.79 Å². The Bertz CT molecular complexity index is 1420. The Morgan fingerprint density at radius 1 is 0.515 bits per heavy atom. The van der Waals surface area contributed by atoms with E-state index in [1.54, 1.807) is 12.2 Å². The minimum Gasteiger partial charge on any atom is -0.462 e. The van der Waals surface area contributed by atoms with Gasteiger partial charge in [-0.15, -0.1) is 0 Å². The Labute approximate surface area is 407 Å². The highest BCUT2D eigenvalue weighted by molar-refractivity contribution is 5.82. The van der Waals surface area contributed by atoms with Gasteiger partial charge in [-0.1, -0.05) is 165 Å². The molecule has 2 heterocycles. The zero-order valence-electron chi connectivity index (χ0n) is 41.3. The number of hydrogen-bond acceptors (Lipinski definition) is 15. The third-order valence-electron chi connectivity index (χ3n) is 12.1. The third kappa shape index (κ3) is 27.6. The molecule has 0 spiro atoms. The van der Waals surface area contributed by atoms with Gasteiger partial charge in [0.15, 0.2) is 18.7 Å². The lowest BCUT2D eigenvalue weighted by atomic mass is 9.98. The summed E-state index contributed by atoms with van der Waals surface area (Å²) in [5.74, 6) is -1.24. The lowest BCUT2D eigenvalue weighted by molar-refractivity contribution is -0.332. The quantitative estimate of drug-likeness (QED) is 0.0106. The number of unbranched alkanes of at least 4 members (excludes halogenated alkanes) is 18. The molecule has 2 fully saturated rings. The van der Waals surface area contributed by atoms with Gasteiger partial charge in [-0.3, -0.25) is 4.79 Å². The Morgan fingerprint density at radius 3 is 1.54 bits per heavy atom. The first kappa shape index (κ1) is 61.3. The summed E-state index contributed by atoms with van der Waals surface area (Å²) in [6, 6.07) is 0. The van der Waals surface area contributed by atoms with E-state index in [1.165, 1.54) is 102 Å². The summed E-state index contributed by atoms with van der Waals surface area (Å²) in [4.78, 5) is 25.6. The average Bonchev–Trinajstić information content (AvgIpc) is 3.33. The van der Waals surface area contributed by atoms with E-state index in [-0.39, 0.29) is 13.0 Å². The van der Waals surface area contributed by atoms with Crippen LogP contribution in [0.5, 0.6) is 0 Å². The summed E-state index contributed by atoms with van der Waals surface area (Å²) in [7, 11) is 0. The largest absolute Gasteiger partial charge is 0.462 e. The molecule has 0 aromatic heterocycles. The van der Waals surface area contributed by atoms with Gasteiger partial charge in [-0.05, 0) is 51.4 Å². The minimum atomic E-state index is -1.79. The van der Waals surface area contributed by atoms with E-state index in [0.29, 0.717) is 12.8 Å². The number of allylic oxidation sites excluding steroid dienone is 9. The van der Waals surface area contributed by atoms with Crippen LogP contribution in [0.15, 0.2) is 60.8 Å². The van der Waals surface area contributed by atoms with Crippen LogP contribution in [0.3, 0.4) is 0 Å². The van der Waals surface area contributed by atoms with Crippen LogP contribution in [0.4, 0.5) is 0 Å². The van der Waals surface area contributed by atoms with Crippen molar-refractivity contribution in [2.75, 3.05) is 26.4 Å². The first-order valence-electron chi connectivity index (χ1n) is 25.9. The molecule has 0 bridgehead atoms. The zero-order valence-corrected chi connectivity index (χ0v) is 41.3. The SMILES string of the molecule is CCCCCCCC/C=C/C/C=C/C/C=C/CCCC(=O)OC[C@@H](CO[C@@H]1O[C@H](CO[C@@H]2O[C@H](CO)[C@H](O)C(O)C2O)[C@H](O)C(O)C1O)OC(=O)/C=C/C=C/CCCCCCCCCCCCC. The van der Waals surface area contributed by atoms with Crippen LogP contribution in [0, 0.1) is 0 Å². The van der Waals surface area contributed by atoms with Crippen LogP contribution in [0.2, 0.25) is 0 Å².